The van der Waals surface area contributed by atoms with Crippen molar-refractivity contribution in [3.63, 3.8) is 0 Å². The van der Waals surface area contributed by atoms with Gasteiger partial charge in [0.25, 0.3) is 0 Å². The summed E-state index contributed by atoms with van der Waals surface area (Å²) in [5.41, 5.74) is 0. The number of alkyl halides is 8. The van der Waals surface area contributed by atoms with Crippen molar-refractivity contribution in [3.05, 3.63) is 0 Å². The van der Waals surface area contributed by atoms with Gasteiger partial charge in [0.2, 0.25) is 0 Å². The Morgan fingerprint density at radius 2 is 0.833 bits per heavy atom. The van der Waals surface area contributed by atoms with Crippen LogP contribution in [0.2, 0.25) is 0 Å². The highest BCUT2D eigenvalue weighted by molar-refractivity contribution is 9.10. The molecule has 0 heterocycles. The molecule has 1 aliphatic carbocycles. The molecule has 1 rings (SSSR count). The van der Waals surface area contributed by atoms with Crippen LogP contribution in [0.25, 0.3) is 0 Å². The van der Waals surface area contributed by atoms with Crippen molar-refractivity contribution < 1.29 is 30.7 Å². The third-order valence-corrected chi connectivity index (χ3v) is 2.57. The Kier molecular flexibility index (Phi) is 1.60. The van der Waals surface area contributed by atoms with E-state index in [2.05, 4.69) is 0 Å². The van der Waals surface area contributed by atoms with Crippen molar-refractivity contribution >= 4 is 15.9 Å². The Labute approximate surface area is 69.9 Å². The van der Waals surface area contributed by atoms with E-state index in [0.717, 1.165) is 0 Å². The molecule has 1 fully saturated rings. The van der Waals surface area contributed by atoms with Gasteiger partial charge in [-0.1, -0.05) is 0 Å². The molecule has 0 N–H and O–H groups in total. The smallest absolute Gasteiger partial charge is 0.217 e. The van der Waals surface area contributed by atoms with E-state index in [1.807, 2.05) is 0 Å². The summed E-state index contributed by atoms with van der Waals surface area (Å²) >= 11 is 1.24. The van der Waals surface area contributed by atoms with E-state index in [1.165, 1.54) is 15.9 Å². The zero-order chi connectivity index (χ0) is 10.0. The lowest BCUT2D eigenvalue weighted by molar-refractivity contribution is -0.442. The molecule has 1 aliphatic rings. The highest BCUT2D eigenvalue weighted by Crippen LogP contribution is 2.71. The van der Waals surface area contributed by atoms with Crippen molar-refractivity contribution in [2.24, 2.45) is 0 Å². The second kappa shape index (κ2) is 1.91. The van der Waals surface area contributed by atoms with Crippen LogP contribution >= 0.6 is 15.9 Å². The number of halogens is 8. The van der Waals surface area contributed by atoms with E-state index in [-0.39, 0.29) is 0 Å². The normalized spacial score (nSPS) is 34.0. The van der Waals surface area contributed by atoms with Gasteiger partial charge < -0.3 is 0 Å². The first-order valence-electron chi connectivity index (χ1n) is 2.51. The monoisotopic (exact) mass is 260 g/mol. The van der Waals surface area contributed by atoms with Gasteiger partial charge in [-0.3, -0.25) is 0 Å². The maximum absolute atomic E-state index is 12.2. The Hall–Kier alpha value is -0.0100. The molecule has 0 nitrogen and oxygen atoms in total. The molecule has 0 aromatic carbocycles. The fraction of sp³-hybridized carbons (Fsp3) is 1.00. The third kappa shape index (κ3) is 0.623. The fourth-order valence-corrected chi connectivity index (χ4v) is 1.22. The topological polar surface area (TPSA) is 0 Å². The van der Waals surface area contributed by atoms with Crippen LogP contribution in [0.5, 0.6) is 0 Å². The summed E-state index contributed by atoms with van der Waals surface area (Å²) in [6, 6.07) is 0. The van der Waals surface area contributed by atoms with Crippen LogP contribution in [0, 0.1) is 0 Å². The summed E-state index contributed by atoms with van der Waals surface area (Å²) in [4.78, 5) is 0. The minimum Gasteiger partial charge on any atom is -0.217 e. The van der Waals surface area contributed by atoms with Gasteiger partial charge in [0.05, 0.1) is 0 Å². The van der Waals surface area contributed by atoms with Crippen LogP contribution < -0.4 is 0 Å². The molecular weight excluding hydrogens is 261 g/mol. The number of hydrogen-bond donors (Lipinski definition) is 0. The number of rotatable bonds is 0. The van der Waals surface area contributed by atoms with Gasteiger partial charge in [-0.25, -0.2) is 4.39 Å². The SMILES string of the molecule is FC1(F)C(F)(F)C(F)(Br)C1(F)F. The first-order valence-corrected chi connectivity index (χ1v) is 3.30. The molecule has 0 aliphatic heterocycles. The van der Waals surface area contributed by atoms with E-state index in [9.17, 15) is 30.7 Å². The molecule has 0 spiro atoms. The molecule has 0 unspecified atom stereocenters. The van der Waals surface area contributed by atoms with Crippen molar-refractivity contribution in [2.45, 2.75) is 22.3 Å². The fourth-order valence-electron chi connectivity index (χ4n) is 0.726. The first kappa shape index (κ1) is 10.1. The van der Waals surface area contributed by atoms with Crippen molar-refractivity contribution in [1.29, 1.82) is 0 Å². The lowest BCUT2D eigenvalue weighted by Crippen LogP contribution is -2.81. The Morgan fingerprint density at radius 1 is 0.583 bits per heavy atom. The summed E-state index contributed by atoms with van der Waals surface area (Å²) < 4.78 is 78.9. The van der Waals surface area contributed by atoms with Gasteiger partial charge in [-0.15, -0.1) is 0 Å². The highest BCUT2D eigenvalue weighted by atomic mass is 79.9. The zero-order valence-corrected chi connectivity index (χ0v) is 6.61. The largest absolute Gasteiger partial charge is 0.381 e. The lowest BCUT2D eigenvalue weighted by atomic mass is 9.82. The van der Waals surface area contributed by atoms with Crippen LogP contribution in [0.1, 0.15) is 0 Å². The Bertz CT molecular complexity index is 155. The molecule has 0 bridgehead atoms. The molecule has 0 aromatic heterocycles. The lowest BCUT2D eigenvalue weighted by Gasteiger charge is -2.50. The molecule has 0 atom stereocenters. The van der Waals surface area contributed by atoms with Crippen LogP contribution in [-0.2, 0) is 0 Å². The predicted octanol–water partition coefficient (Wildman–Crippen LogP) is 2.97. The highest BCUT2D eigenvalue weighted by Gasteiger charge is 2.99. The van der Waals surface area contributed by atoms with Gasteiger partial charge in [0.15, 0.2) is 0 Å². The third-order valence-electron chi connectivity index (χ3n) is 1.58. The predicted molar refractivity (Wildman–Crippen MR) is 27.6 cm³/mol. The van der Waals surface area contributed by atoms with Gasteiger partial charge in [0.1, 0.15) is 0 Å². The molecule has 8 heteroatoms. The van der Waals surface area contributed by atoms with Crippen molar-refractivity contribution in [1.82, 2.24) is 0 Å². The van der Waals surface area contributed by atoms with E-state index in [4.69, 9.17) is 0 Å². The standard InChI is InChI=1S/C4BrF7/c5-1(6)2(7,8)4(11,12)3(1,9)10. The Balaban J connectivity index is 3.16. The van der Waals surface area contributed by atoms with Gasteiger partial charge in [-0.2, -0.15) is 26.3 Å². The van der Waals surface area contributed by atoms with Crippen LogP contribution in [-0.4, -0.2) is 22.3 Å². The average Bonchev–Trinajstić information content (AvgIpc) is 1.84. The molecule has 0 radical (unpaired) electrons. The van der Waals surface area contributed by atoms with Gasteiger partial charge >= 0.3 is 22.3 Å². The molecule has 0 saturated heterocycles. The van der Waals surface area contributed by atoms with Gasteiger partial charge in [0, 0.05) is 0 Å². The minimum absolute atomic E-state index is 1.24. The maximum Gasteiger partial charge on any atom is 0.381 e. The minimum atomic E-state index is -5.64. The number of hydrogen-bond acceptors (Lipinski definition) is 0. The van der Waals surface area contributed by atoms with Crippen molar-refractivity contribution in [3.8, 4) is 0 Å². The van der Waals surface area contributed by atoms with Crippen LogP contribution in [0.4, 0.5) is 30.7 Å². The second-order valence-corrected chi connectivity index (χ2v) is 3.39. The molecule has 72 valence electrons. The summed E-state index contributed by atoms with van der Waals surface area (Å²) in [6.45, 7) is 0. The van der Waals surface area contributed by atoms with Crippen LogP contribution in [0.3, 0.4) is 0 Å². The molecular formula is C4BrF7. The van der Waals surface area contributed by atoms with Gasteiger partial charge in [-0.05, 0) is 15.9 Å². The average molecular weight is 261 g/mol. The molecule has 0 aromatic rings. The van der Waals surface area contributed by atoms with Crippen molar-refractivity contribution in [2.75, 3.05) is 0 Å². The molecule has 0 amide bonds. The summed E-state index contributed by atoms with van der Waals surface area (Å²) in [5, 5.41) is 0. The zero-order valence-electron chi connectivity index (χ0n) is 5.02. The first-order chi connectivity index (χ1) is 5.00. The summed E-state index contributed by atoms with van der Waals surface area (Å²) in [5.74, 6) is -16.4. The van der Waals surface area contributed by atoms with E-state index >= 15 is 0 Å². The van der Waals surface area contributed by atoms with Crippen LogP contribution in [0.15, 0.2) is 0 Å². The maximum atomic E-state index is 12.2. The summed E-state index contributed by atoms with van der Waals surface area (Å²) in [6.07, 6.45) is 0. The second-order valence-electron chi connectivity index (χ2n) is 2.30. The molecule has 1 saturated carbocycles. The van der Waals surface area contributed by atoms with E-state index in [0.29, 0.717) is 0 Å². The molecule has 12 heavy (non-hydrogen) atoms. The summed E-state index contributed by atoms with van der Waals surface area (Å²) in [7, 11) is 0. The van der Waals surface area contributed by atoms with E-state index < -0.39 is 22.3 Å². The quantitative estimate of drug-likeness (QED) is 0.464. The Morgan fingerprint density at radius 3 is 0.917 bits per heavy atom. The van der Waals surface area contributed by atoms with E-state index in [1.54, 1.807) is 0 Å².